The van der Waals surface area contributed by atoms with Crippen molar-refractivity contribution in [2.75, 3.05) is 0 Å². The highest BCUT2D eigenvalue weighted by Crippen LogP contribution is 2.22. The highest BCUT2D eigenvalue weighted by Gasteiger charge is 2.20. The summed E-state index contributed by atoms with van der Waals surface area (Å²) in [6, 6.07) is 9.17. The van der Waals surface area contributed by atoms with E-state index in [2.05, 4.69) is 52.2 Å². The molecule has 94 valence electrons. The number of halogens is 2. The molecule has 0 aromatic heterocycles. The Morgan fingerprint density at radius 2 is 1.82 bits per heavy atom. The van der Waals surface area contributed by atoms with Gasteiger partial charge in [-0.2, -0.15) is 0 Å². The zero-order valence-electron chi connectivity index (χ0n) is 9.96. The smallest absolute Gasteiger partial charge is 0.0489 e. The molecule has 17 heavy (non-hydrogen) atoms. The molecule has 2 rings (SSSR count). The van der Waals surface area contributed by atoms with Crippen molar-refractivity contribution in [2.45, 2.75) is 50.1 Å². The van der Waals surface area contributed by atoms with Gasteiger partial charge in [-0.15, -0.1) is 11.6 Å². The summed E-state index contributed by atoms with van der Waals surface area (Å²) in [5, 5.41) is 3.92. The first kappa shape index (κ1) is 13.6. The van der Waals surface area contributed by atoms with E-state index in [-0.39, 0.29) is 0 Å². The van der Waals surface area contributed by atoms with Gasteiger partial charge in [-0.25, -0.2) is 0 Å². The molecule has 1 aliphatic carbocycles. The molecule has 0 heterocycles. The standard InChI is InChI=1S/C14H19ClIN/c15-13-4-2-1-3-5-14(13)17-10-11-6-8-12(16)9-7-11/h6-9,13-14,17H,1-5,10H2. The van der Waals surface area contributed by atoms with E-state index in [1.807, 2.05) is 0 Å². The fourth-order valence-corrected chi connectivity index (χ4v) is 3.07. The third kappa shape index (κ3) is 4.42. The van der Waals surface area contributed by atoms with E-state index in [0.717, 1.165) is 13.0 Å². The minimum absolute atomic E-state index is 0.307. The molecule has 1 aromatic carbocycles. The number of hydrogen-bond donors (Lipinski definition) is 1. The summed E-state index contributed by atoms with van der Waals surface area (Å²) < 4.78 is 1.29. The van der Waals surface area contributed by atoms with Crippen LogP contribution in [0.15, 0.2) is 24.3 Å². The van der Waals surface area contributed by atoms with E-state index in [1.54, 1.807) is 0 Å². The number of benzene rings is 1. The molecular weight excluding hydrogens is 345 g/mol. The van der Waals surface area contributed by atoms with Crippen LogP contribution in [0.2, 0.25) is 0 Å². The topological polar surface area (TPSA) is 12.0 Å². The zero-order valence-corrected chi connectivity index (χ0v) is 12.9. The van der Waals surface area contributed by atoms with Crippen molar-refractivity contribution >= 4 is 34.2 Å². The number of nitrogens with one attached hydrogen (secondary N) is 1. The van der Waals surface area contributed by atoms with Crippen LogP contribution in [0.5, 0.6) is 0 Å². The van der Waals surface area contributed by atoms with Crippen LogP contribution in [0.25, 0.3) is 0 Å². The molecule has 3 heteroatoms. The van der Waals surface area contributed by atoms with Gasteiger partial charge in [0.15, 0.2) is 0 Å². The molecular formula is C14H19ClIN. The number of alkyl halides is 1. The summed E-state index contributed by atoms with van der Waals surface area (Å²) in [7, 11) is 0. The van der Waals surface area contributed by atoms with Crippen molar-refractivity contribution in [3.05, 3.63) is 33.4 Å². The lowest BCUT2D eigenvalue weighted by atomic mass is 10.1. The maximum atomic E-state index is 6.41. The summed E-state index contributed by atoms with van der Waals surface area (Å²) in [6.45, 7) is 0.935. The average molecular weight is 364 g/mol. The van der Waals surface area contributed by atoms with Crippen molar-refractivity contribution in [1.82, 2.24) is 5.32 Å². The highest BCUT2D eigenvalue weighted by molar-refractivity contribution is 14.1. The van der Waals surface area contributed by atoms with Gasteiger partial charge in [0.2, 0.25) is 0 Å². The Balaban J connectivity index is 1.85. The first-order chi connectivity index (χ1) is 8.25. The summed E-state index contributed by atoms with van der Waals surface area (Å²) in [4.78, 5) is 0. The quantitative estimate of drug-likeness (QED) is 0.479. The van der Waals surface area contributed by atoms with Gasteiger partial charge >= 0.3 is 0 Å². The molecule has 0 bridgehead atoms. The average Bonchev–Trinajstić information content (AvgIpc) is 2.54. The van der Waals surface area contributed by atoms with Crippen molar-refractivity contribution in [3.63, 3.8) is 0 Å². The molecule has 1 aliphatic rings. The first-order valence-electron chi connectivity index (χ1n) is 6.37. The van der Waals surface area contributed by atoms with Crippen LogP contribution in [0.1, 0.15) is 37.7 Å². The van der Waals surface area contributed by atoms with Crippen LogP contribution in [-0.4, -0.2) is 11.4 Å². The van der Waals surface area contributed by atoms with E-state index in [4.69, 9.17) is 11.6 Å². The predicted octanol–water partition coefficient (Wildman–Crippen LogP) is 4.32. The molecule has 1 aromatic rings. The first-order valence-corrected chi connectivity index (χ1v) is 7.89. The van der Waals surface area contributed by atoms with E-state index in [0.29, 0.717) is 11.4 Å². The molecule has 1 nitrogen and oxygen atoms in total. The van der Waals surface area contributed by atoms with E-state index < -0.39 is 0 Å². The van der Waals surface area contributed by atoms with E-state index in [1.165, 1.54) is 34.8 Å². The largest absolute Gasteiger partial charge is 0.308 e. The van der Waals surface area contributed by atoms with Gasteiger partial charge < -0.3 is 5.32 Å². The van der Waals surface area contributed by atoms with Gasteiger partial charge in [-0.3, -0.25) is 0 Å². The molecule has 1 fully saturated rings. The monoisotopic (exact) mass is 363 g/mol. The van der Waals surface area contributed by atoms with Crippen molar-refractivity contribution in [1.29, 1.82) is 0 Å². The molecule has 2 unspecified atom stereocenters. The molecule has 1 N–H and O–H groups in total. The Kier molecular flexibility index (Phi) is 5.57. The molecule has 0 saturated heterocycles. The summed E-state index contributed by atoms with van der Waals surface area (Å²) in [5.74, 6) is 0. The second-order valence-corrected chi connectivity index (χ2v) is 6.57. The Morgan fingerprint density at radius 3 is 2.59 bits per heavy atom. The summed E-state index contributed by atoms with van der Waals surface area (Å²) >= 11 is 8.75. The molecule has 0 aliphatic heterocycles. The minimum atomic E-state index is 0.307. The van der Waals surface area contributed by atoms with Gasteiger partial charge in [0.25, 0.3) is 0 Å². The van der Waals surface area contributed by atoms with Crippen molar-refractivity contribution in [2.24, 2.45) is 0 Å². The lowest BCUT2D eigenvalue weighted by molar-refractivity contribution is 0.465. The summed E-state index contributed by atoms with van der Waals surface area (Å²) in [5.41, 5.74) is 1.35. The number of rotatable bonds is 3. The van der Waals surface area contributed by atoms with Crippen molar-refractivity contribution < 1.29 is 0 Å². The molecule has 0 radical (unpaired) electrons. The van der Waals surface area contributed by atoms with E-state index in [9.17, 15) is 0 Å². The Bertz CT molecular complexity index is 339. The van der Waals surface area contributed by atoms with Gasteiger partial charge in [-0.05, 0) is 53.1 Å². The molecule has 1 saturated carbocycles. The second kappa shape index (κ2) is 6.95. The van der Waals surface area contributed by atoms with Gasteiger partial charge in [0, 0.05) is 21.5 Å². The third-order valence-corrected chi connectivity index (χ3v) is 4.65. The van der Waals surface area contributed by atoms with E-state index >= 15 is 0 Å². The van der Waals surface area contributed by atoms with Crippen molar-refractivity contribution in [3.8, 4) is 0 Å². The fraction of sp³-hybridized carbons (Fsp3) is 0.571. The van der Waals surface area contributed by atoms with Crippen LogP contribution < -0.4 is 5.32 Å². The fourth-order valence-electron chi connectivity index (χ4n) is 2.34. The van der Waals surface area contributed by atoms with Crippen LogP contribution in [0, 0.1) is 3.57 Å². The Hall–Kier alpha value is 0.200. The van der Waals surface area contributed by atoms with Crippen LogP contribution in [0.3, 0.4) is 0 Å². The maximum absolute atomic E-state index is 6.41. The molecule has 0 spiro atoms. The SMILES string of the molecule is ClC1CCCCCC1NCc1ccc(I)cc1. The molecule has 0 amide bonds. The highest BCUT2D eigenvalue weighted by atomic mass is 127. The zero-order chi connectivity index (χ0) is 12.1. The maximum Gasteiger partial charge on any atom is 0.0489 e. The third-order valence-electron chi connectivity index (χ3n) is 3.41. The Morgan fingerprint density at radius 1 is 1.12 bits per heavy atom. The van der Waals surface area contributed by atoms with Gasteiger partial charge in [0.05, 0.1) is 0 Å². The minimum Gasteiger partial charge on any atom is -0.308 e. The predicted molar refractivity (Wildman–Crippen MR) is 82.5 cm³/mol. The van der Waals surface area contributed by atoms with Crippen LogP contribution >= 0.6 is 34.2 Å². The normalized spacial score (nSPS) is 25.5. The lowest BCUT2D eigenvalue weighted by Crippen LogP contribution is -2.35. The van der Waals surface area contributed by atoms with Crippen LogP contribution in [-0.2, 0) is 6.54 Å². The number of hydrogen-bond acceptors (Lipinski definition) is 1. The second-order valence-electron chi connectivity index (χ2n) is 4.77. The van der Waals surface area contributed by atoms with Gasteiger partial charge in [0.1, 0.15) is 0 Å². The lowest BCUT2D eigenvalue weighted by Gasteiger charge is -2.21. The van der Waals surface area contributed by atoms with Gasteiger partial charge in [-0.1, -0.05) is 31.4 Å². The molecule has 2 atom stereocenters. The summed E-state index contributed by atoms with van der Waals surface area (Å²) in [6.07, 6.45) is 6.32. The Labute approximate surface area is 122 Å². The van der Waals surface area contributed by atoms with Crippen LogP contribution in [0.4, 0.5) is 0 Å².